The van der Waals surface area contributed by atoms with Gasteiger partial charge >= 0.3 is 0 Å². The largest absolute Gasteiger partial charge is 0.379 e. The Balaban J connectivity index is 1.38. The first-order valence-corrected chi connectivity index (χ1v) is 12.1. The van der Waals surface area contributed by atoms with E-state index in [2.05, 4.69) is 37.2 Å². The van der Waals surface area contributed by atoms with Gasteiger partial charge in [0.2, 0.25) is 0 Å². The maximum absolute atomic E-state index is 5.57. The van der Waals surface area contributed by atoms with Crippen LogP contribution < -0.4 is 10.6 Å². The van der Waals surface area contributed by atoms with Gasteiger partial charge in [-0.1, -0.05) is 12.8 Å². The fourth-order valence-electron chi connectivity index (χ4n) is 4.47. The van der Waals surface area contributed by atoms with E-state index in [1.54, 1.807) is 0 Å². The van der Waals surface area contributed by atoms with E-state index in [0.717, 1.165) is 45.4 Å². The summed E-state index contributed by atoms with van der Waals surface area (Å²) in [7, 11) is 1.88. The van der Waals surface area contributed by atoms with Gasteiger partial charge < -0.3 is 20.3 Å². The third kappa shape index (κ3) is 6.51. The number of likely N-dealkylation sites (tertiary alicyclic amines) is 1. The molecular formula is C20H39N5OS. The number of thioether (sulfide) groups is 1. The third-order valence-electron chi connectivity index (χ3n) is 6.22. The highest BCUT2D eigenvalue weighted by Gasteiger charge is 2.40. The van der Waals surface area contributed by atoms with Crippen molar-refractivity contribution in [3.63, 3.8) is 0 Å². The molecule has 0 bridgehead atoms. The topological polar surface area (TPSA) is 52.1 Å². The van der Waals surface area contributed by atoms with Crippen LogP contribution in [0.25, 0.3) is 0 Å². The van der Waals surface area contributed by atoms with Crippen molar-refractivity contribution in [3.05, 3.63) is 0 Å². The first-order valence-electron chi connectivity index (χ1n) is 10.9. The van der Waals surface area contributed by atoms with E-state index in [4.69, 9.17) is 4.74 Å². The Morgan fingerprint density at radius 2 is 1.85 bits per heavy atom. The molecule has 3 aliphatic heterocycles. The lowest BCUT2D eigenvalue weighted by Gasteiger charge is -2.43. The second-order valence-electron chi connectivity index (χ2n) is 8.09. The van der Waals surface area contributed by atoms with Crippen molar-refractivity contribution in [2.24, 2.45) is 4.99 Å². The van der Waals surface area contributed by atoms with Gasteiger partial charge in [-0.2, -0.15) is 11.8 Å². The van der Waals surface area contributed by atoms with Crippen molar-refractivity contribution in [2.45, 2.75) is 44.1 Å². The number of guanidine groups is 1. The minimum Gasteiger partial charge on any atom is -0.379 e. The van der Waals surface area contributed by atoms with Gasteiger partial charge in [0.15, 0.2) is 5.96 Å². The van der Waals surface area contributed by atoms with E-state index < -0.39 is 0 Å². The molecule has 0 aliphatic carbocycles. The van der Waals surface area contributed by atoms with Gasteiger partial charge in [0.05, 0.1) is 13.2 Å². The summed E-state index contributed by atoms with van der Waals surface area (Å²) in [5.74, 6) is 3.43. The van der Waals surface area contributed by atoms with E-state index in [9.17, 15) is 0 Å². The van der Waals surface area contributed by atoms with E-state index in [0.29, 0.717) is 0 Å². The molecule has 1 unspecified atom stereocenters. The summed E-state index contributed by atoms with van der Waals surface area (Å²) in [6.45, 7) is 9.61. The fourth-order valence-corrected chi connectivity index (χ4v) is 5.95. The zero-order chi connectivity index (χ0) is 18.8. The van der Waals surface area contributed by atoms with Crippen LogP contribution in [0.2, 0.25) is 0 Å². The van der Waals surface area contributed by atoms with Gasteiger partial charge in [0.25, 0.3) is 0 Å². The van der Waals surface area contributed by atoms with Gasteiger partial charge in [-0.05, 0) is 51.1 Å². The molecule has 0 radical (unpaired) electrons. The van der Waals surface area contributed by atoms with Gasteiger partial charge in [-0.15, -0.1) is 0 Å². The molecule has 3 rings (SSSR count). The molecule has 7 heteroatoms. The summed E-state index contributed by atoms with van der Waals surface area (Å²) in [5, 5.41) is 7.16. The standard InChI is InChI=1S/C20H39N5OS/c1-21-19(22-8-6-11-24-9-4-2-3-5-10-24)23-17-20(7-16-27-18-20)25-12-14-26-15-13-25/h2-18H2,1H3,(H2,21,22,23). The predicted molar refractivity (Wildman–Crippen MR) is 116 cm³/mol. The lowest BCUT2D eigenvalue weighted by Crippen LogP contribution is -2.60. The molecule has 3 saturated heterocycles. The lowest BCUT2D eigenvalue weighted by atomic mass is 9.95. The Bertz CT molecular complexity index is 442. The first-order chi connectivity index (χ1) is 13.3. The molecular weight excluding hydrogens is 358 g/mol. The highest BCUT2D eigenvalue weighted by atomic mass is 32.2. The predicted octanol–water partition coefficient (Wildman–Crippen LogP) is 1.63. The van der Waals surface area contributed by atoms with Crippen molar-refractivity contribution >= 4 is 17.7 Å². The minimum atomic E-state index is 0.262. The molecule has 1 atom stereocenters. The van der Waals surface area contributed by atoms with Crippen LogP contribution >= 0.6 is 11.8 Å². The van der Waals surface area contributed by atoms with E-state index in [1.807, 2.05) is 7.05 Å². The molecule has 0 saturated carbocycles. The molecule has 156 valence electrons. The quantitative estimate of drug-likeness (QED) is 0.387. The van der Waals surface area contributed by atoms with Gasteiger partial charge in [0, 0.05) is 44.5 Å². The summed E-state index contributed by atoms with van der Waals surface area (Å²) in [6.07, 6.45) is 8.02. The van der Waals surface area contributed by atoms with E-state index in [-0.39, 0.29) is 5.54 Å². The number of ether oxygens (including phenoxy) is 1. The molecule has 0 aromatic carbocycles. The second-order valence-corrected chi connectivity index (χ2v) is 9.19. The van der Waals surface area contributed by atoms with Crippen LogP contribution in [0.3, 0.4) is 0 Å². The maximum atomic E-state index is 5.57. The summed E-state index contributed by atoms with van der Waals surface area (Å²) in [6, 6.07) is 0. The van der Waals surface area contributed by atoms with Crippen LogP contribution in [-0.2, 0) is 4.74 Å². The molecule has 27 heavy (non-hydrogen) atoms. The molecule has 0 aromatic heterocycles. The normalized spacial score (nSPS) is 28.9. The van der Waals surface area contributed by atoms with Crippen LogP contribution in [0.15, 0.2) is 4.99 Å². The maximum Gasteiger partial charge on any atom is 0.191 e. The number of rotatable bonds is 7. The molecule has 3 heterocycles. The van der Waals surface area contributed by atoms with E-state index in [1.165, 1.54) is 69.7 Å². The molecule has 3 fully saturated rings. The number of hydrogen-bond acceptors (Lipinski definition) is 5. The number of nitrogens with zero attached hydrogens (tertiary/aromatic N) is 3. The Morgan fingerprint density at radius 3 is 2.52 bits per heavy atom. The smallest absolute Gasteiger partial charge is 0.191 e. The fraction of sp³-hybridized carbons (Fsp3) is 0.950. The zero-order valence-electron chi connectivity index (χ0n) is 17.2. The SMILES string of the molecule is CN=C(NCCCN1CCCCCC1)NCC1(N2CCOCC2)CCSC1. The molecule has 2 N–H and O–H groups in total. The van der Waals surface area contributed by atoms with E-state index >= 15 is 0 Å². The van der Waals surface area contributed by atoms with Crippen LogP contribution in [0.1, 0.15) is 38.5 Å². The van der Waals surface area contributed by atoms with Gasteiger partial charge in [0.1, 0.15) is 0 Å². The molecule has 3 aliphatic rings. The monoisotopic (exact) mass is 397 g/mol. The average molecular weight is 398 g/mol. The summed E-state index contributed by atoms with van der Waals surface area (Å²) < 4.78 is 5.57. The Morgan fingerprint density at radius 1 is 1.07 bits per heavy atom. The van der Waals surface area contributed by atoms with Crippen molar-refractivity contribution in [1.29, 1.82) is 0 Å². The number of aliphatic imine (C=N–C) groups is 1. The van der Waals surface area contributed by atoms with Crippen LogP contribution in [0, 0.1) is 0 Å². The Hall–Kier alpha value is -0.500. The van der Waals surface area contributed by atoms with Crippen molar-refractivity contribution in [1.82, 2.24) is 20.4 Å². The molecule has 0 spiro atoms. The lowest BCUT2D eigenvalue weighted by molar-refractivity contribution is -0.0120. The van der Waals surface area contributed by atoms with Crippen LogP contribution in [-0.4, -0.2) is 98.9 Å². The minimum absolute atomic E-state index is 0.262. The number of hydrogen-bond donors (Lipinski definition) is 2. The average Bonchev–Trinajstić information content (AvgIpc) is 3.05. The van der Waals surface area contributed by atoms with Crippen LogP contribution in [0.4, 0.5) is 0 Å². The van der Waals surface area contributed by atoms with Gasteiger partial charge in [-0.3, -0.25) is 9.89 Å². The first kappa shape index (κ1) is 21.2. The van der Waals surface area contributed by atoms with Gasteiger partial charge in [-0.25, -0.2) is 0 Å². The molecule has 0 aromatic rings. The van der Waals surface area contributed by atoms with Crippen molar-refractivity contribution in [3.8, 4) is 0 Å². The molecule has 0 amide bonds. The third-order valence-corrected chi connectivity index (χ3v) is 7.45. The number of nitrogens with one attached hydrogen (secondary N) is 2. The molecule has 6 nitrogen and oxygen atoms in total. The Labute approximate surface area is 169 Å². The highest BCUT2D eigenvalue weighted by molar-refractivity contribution is 7.99. The second kappa shape index (κ2) is 11.5. The number of morpholine rings is 1. The zero-order valence-corrected chi connectivity index (χ0v) is 18.0. The summed E-state index contributed by atoms with van der Waals surface area (Å²) >= 11 is 2.08. The van der Waals surface area contributed by atoms with Crippen molar-refractivity contribution < 1.29 is 4.74 Å². The Kier molecular flexibility index (Phi) is 9.03. The van der Waals surface area contributed by atoms with Crippen molar-refractivity contribution in [2.75, 3.05) is 77.6 Å². The van der Waals surface area contributed by atoms with Crippen LogP contribution in [0.5, 0.6) is 0 Å². The summed E-state index contributed by atoms with van der Waals surface area (Å²) in [4.78, 5) is 9.74. The summed E-state index contributed by atoms with van der Waals surface area (Å²) in [5.41, 5.74) is 0.262. The highest BCUT2D eigenvalue weighted by Crippen LogP contribution is 2.33.